The maximum Gasteiger partial charge on any atom is 0.438 e. The number of aromatic amines is 1. The minimum absolute atomic E-state index is 0.00563. The molecule has 0 aromatic carbocycles. The molecule has 1 unspecified atom stereocenters. The van der Waals surface area contributed by atoms with Crippen molar-refractivity contribution >= 4 is 5.69 Å². The molecule has 0 fully saturated rings. The minimum atomic E-state index is -4.39. The normalized spacial score (nSPS) is 14.7. The van der Waals surface area contributed by atoms with Crippen molar-refractivity contribution < 1.29 is 32.7 Å². The Bertz CT molecular complexity index is 436. The molecule has 0 aliphatic heterocycles. The van der Waals surface area contributed by atoms with Gasteiger partial charge in [-0.1, -0.05) is 4.68 Å². The van der Waals surface area contributed by atoms with E-state index in [0.29, 0.717) is 0 Å². The molecule has 1 rings (SSSR count). The average Bonchev–Trinajstić information content (AvgIpc) is 2.63. The van der Waals surface area contributed by atoms with Gasteiger partial charge in [-0.3, -0.25) is 0 Å². The summed E-state index contributed by atoms with van der Waals surface area (Å²) < 4.78 is 50.5. The lowest BCUT2D eigenvalue weighted by Crippen LogP contribution is -2.87. The van der Waals surface area contributed by atoms with E-state index in [4.69, 9.17) is 11.5 Å². The van der Waals surface area contributed by atoms with Gasteiger partial charge in [-0.2, -0.15) is 17.6 Å². The summed E-state index contributed by atoms with van der Waals surface area (Å²) in [5.41, 5.74) is 10.3. The van der Waals surface area contributed by atoms with Crippen molar-refractivity contribution in [2.24, 2.45) is 5.73 Å². The van der Waals surface area contributed by atoms with Gasteiger partial charge in [0.05, 0.1) is 6.20 Å². The lowest BCUT2D eigenvalue weighted by molar-refractivity contribution is -0.794. The fourth-order valence-corrected chi connectivity index (χ4v) is 1.49. The van der Waals surface area contributed by atoms with E-state index < -0.39 is 31.3 Å². The molecular weight excluding hydrogens is 270 g/mol. The summed E-state index contributed by atoms with van der Waals surface area (Å²) in [6.07, 6.45) is -2.34. The number of aliphatic hydroxyl groups excluding tert-OH is 1. The number of hydrogen-bond acceptors (Lipinski definition) is 3. The second-order valence-electron chi connectivity index (χ2n) is 3.81. The van der Waals surface area contributed by atoms with Crippen LogP contribution in [0.3, 0.4) is 0 Å². The summed E-state index contributed by atoms with van der Waals surface area (Å²) in [5.74, 6) is -0.842. The van der Waals surface area contributed by atoms with Crippen LogP contribution in [0.4, 0.5) is 23.2 Å². The SMILES string of the molecule is N/C=C(\[NH2+]CC(F)(F)F)C(CO)[n+]1cc(N)c(F)[nH]1. The molecule has 0 aliphatic rings. The molecule has 108 valence electrons. The second-order valence-corrected chi connectivity index (χ2v) is 3.81. The zero-order valence-corrected chi connectivity index (χ0v) is 9.78. The first-order chi connectivity index (χ1) is 8.78. The molecule has 1 heterocycles. The Morgan fingerprint density at radius 2 is 2.21 bits per heavy atom. The number of anilines is 1. The summed E-state index contributed by atoms with van der Waals surface area (Å²) in [5, 5.41) is 12.2. The molecule has 0 saturated heterocycles. The zero-order chi connectivity index (χ0) is 14.6. The maximum atomic E-state index is 13.1. The van der Waals surface area contributed by atoms with Crippen LogP contribution in [0, 0.1) is 5.95 Å². The van der Waals surface area contributed by atoms with E-state index in [1.54, 1.807) is 0 Å². The zero-order valence-electron chi connectivity index (χ0n) is 9.78. The first kappa shape index (κ1) is 15.2. The number of alkyl halides is 3. The third-order valence-corrected chi connectivity index (χ3v) is 2.41. The number of hydrogen-bond donors (Lipinski definition) is 5. The second kappa shape index (κ2) is 5.89. The van der Waals surface area contributed by atoms with Crippen LogP contribution in [0.2, 0.25) is 0 Å². The number of nitrogens with one attached hydrogen (secondary N) is 1. The fraction of sp³-hybridized carbons (Fsp3) is 0.444. The monoisotopic (exact) mass is 285 g/mol. The van der Waals surface area contributed by atoms with Crippen molar-refractivity contribution in [2.75, 3.05) is 18.9 Å². The highest BCUT2D eigenvalue weighted by Gasteiger charge is 2.35. The summed E-state index contributed by atoms with van der Waals surface area (Å²) >= 11 is 0. The van der Waals surface area contributed by atoms with Crippen molar-refractivity contribution in [2.45, 2.75) is 12.2 Å². The van der Waals surface area contributed by atoms with Gasteiger partial charge in [0, 0.05) is 0 Å². The van der Waals surface area contributed by atoms with E-state index in [2.05, 4.69) is 5.10 Å². The molecule has 0 amide bonds. The van der Waals surface area contributed by atoms with Crippen molar-refractivity contribution in [3.8, 4) is 0 Å². The van der Waals surface area contributed by atoms with Gasteiger partial charge in [-0.25, -0.2) is 0 Å². The Balaban J connectivity index is 2.88. The van der Waals surface area contributed by atoms with Gasteiger partial charge in [0.15, 0.2) is 17.9 Å². The number of nitrogens with zero attached hydrogens (tertiary/aromatic N) is 1. The Morgan fingerprint density at radius 1 is 1.58 bits per heavy atom. The topological polar surface area (TPSA) is 109 Å². The maximum absolute atomic E-state index is 13.1. The first-order valence-corrected chi connectivity index (χ1v) is 5.26. The number of aliphatic hydroxyl groups is 1. The largest absolute Gasteiger partial charge is 0.438 e. The van der Waals surface area contributed by atoms with Crippen LogP contribution in [0.25, 0.3) is 0 Å². The molecule has 0 saturated carbocycles. The van der Waals surface area contributed by atoms with Crippen LogP contribution in [0.15, 0.2) is 18.1 Å². The predicted octanol–water partition coefficient (Wildman–Crippen LogP) is -1.52. The molecule has 1 aromatic heterocycles. The number of halogens is 4. The highest BCUT2D eigenvalue weighted by molar-refractivity contribution is 5.29. The van der Waals surface area contributed by atoms with Crippen molar-refractivity contribution in [1.29, 1.82) is 0 Å². The van der Waals surface area contributed by atoms with Gasteiger partial charge in [-0.05, 0) is 0 Å². The number of nitrogens with two attached hydrogens (primary N) is 3. The molecule has 1 aromatic rings. The highest BCUT2D eigenvalue weighted by atomic mass is 19.4. The average molecular weight is 285 g/mol. The molecule has 19 heavy (non-hydrogen) atoms. The van der Waals surface area contributed by atoms with E-state index in [9.17, 15) is 22.7 Å². The Kier molecular flexibility index (Phi) is 4.72. The van der Waals surface area contributed by atoms with E-state index in [1.807, 2.05) is 0 Å². The number of quaternary nitrogens is 1. The minimum Gasteiger partial charge on any atom is -0.400 e. The quantitative estimate of drug-likeness (QED) is 0.335. The standard InChI is InChI=1S/C9H13F4N5O/c10-8-5(15)2-18(17-8)7(3-19)6(1-14)16-4-9(11,12)13/h1-2,7,16,19H,3-4,14-15H2/p+2/b6-1-. The van der Waals surface area contributed by atoms with Crippen molar-refractivity contribution in [1.82, 2.24) is 5.10 Å². The molecule has 0 aliphatic carbocycles. The van der Waals surface area contributed by atoms with Crippen LogP contribution in [-0.2, 0) is 0 Å². The molecule has 1 atom stereocenters. The van der Waals surface area contributed by atoms with Crippen molar-refractivity contribution in [3.05, 3.63) is 24.0 Å². The summed E-state index contributed by atoms with van der Waals surface area (Å²) in [6.45, 7) is -1.77. The number of rotatable bonds is 5. The third-order valence-electron chi connectivity index (χ3n) is 2.41. The summed E-state index contributed by atoms with van der Waals surface area (Å²) in [4.78, 5) is 0. The molecule has 0 spiro atoms. The van der Waals surface area contributed by atoms with Gasteiger partial charge in [0.25, 0.3) is 12.0 Å². The molecule has 8 N–H and O–H groups in total. The lowest BCUT2D eigenvalue weighted by atomic mass is 10.2. The Labute approximate surface area is 105 Å². The first-order valence-electron chi connectivity index (χ1n) is 5.26. The van der Waals surface area contributed by atoms with E-state index in [0.717, 1.165) is 22.4 Å². The van der Waals surface area contributed by atoms with Gasteiger partial charge >= 0.3 is 6.18 Å². The van der Waals surface area contributed by atoms with E-state index in [-0.39, 0.29) is 11.4 Å². The van der Waals surface area contributed by atoms with Gasteiger partial charge in [0.2, 0.25) is 6.20 Å². The van der Waals surface area contributed by atoms with Crippen molar-refractivity contribution in [3.63, 3.8) is 0 Å². The summed E-state index contributed by atoms with van der Waals surface area (Å²) in [7, 11) is 0. The van der Waals surface area contributed by atoms with Gasteiger partial charge in [0.1, 0.15) is 6.61 Å². The number of H-pyrrole nitrogens is 1. The lowest BCUT2D eigenvalue weighted by Gasteiger charge is -2.10. The van der Waals surface area contributed by atoms with Crippen LogP contribution in [-0.4, -0.2) is 29.5 Å². The molecule has 0 bridgehead atoms. The molecular formula is C9H15F4N5O+2. The van der Waals surface area contributed by atoms with Crippen LogP contribution >= 0.6 is 0 Å². The van der Waals surface area contributed by atoms with E-state index in [1.165, 1.54) is 0 Å². The Morgan fingerprint density at radius 3 is 2.58 bits per heavy atom. The predicted molar refractivity (Wildman–Crippen MR) is 56.6 cm³/mol. The molecule has 6 nitrogen and oxygen atoms in total. The van der Waals surface area contributed by atoms with Crippen LogP contribution in [0.5, 0.6) is 0 Å². The number of aromatic nitrogens is 2. The van der Waals surface area contributed by atoms with Crippen LogP contribution in [0.1, 0.15) is 6.04 Å². The molecule has 10 heteroatoms. The Hall–Kier alpha value is -1.81. The fourth-order valence-electron chi connectivity index (χ4n) is 1.49. The van der Waals surface area contributed by atoms with Crippen LogP contribution < -0.4 is 21.5 Å². The highest BCUT2D eigenvalue weighted by Crippen LogP contribution is 2.12. The van der Waals surface area contributed by atoms with Gasteiger partial charge < -0.3 is 21.9 Å². The number of nitrogen functional groups attached to an aromatic ring is 1. The smallest absolute Gasteiger partial charge is 0.400 e. The summed E-state index contributed by atoms with van der Waals surface area (Å²) in [6, 6.07) is -0.973. The van der Waals surface area contributed by atoms with Gasteiger partial charge in [-0.15, -0.1) is 5.10 Å². The third kappa shape index (κ3) is 4.10. The molecule has 0 radical (unpaired) electrons. The van der Waals surface area contributed by atoms with E-state index >= 15 is 0 Å².